The molecule has 5 heteroatoms. The number of nitro groups is 1. The molecule has 1 radical (unpaired) electrons. The maximum absolute atomic E-state index is 10.4. The van der Waals surface area contributed by atoms with E-state index < -0.39 is 4.92 Å². The van der Waals surface area contributed by atoms with Crippen molar-refractivity contribution in [2.24, 2.45) is 0 Å². The van der Waals surface area contributed by atoms with Crippen LogP contribution in [-0.2, 0) is 5.11 Å². The van der Waals surface area contributed by atoms with E-state index in [4.69, 9.17) is 0 Å². The van der Waals surface area contributed by atoms with Crippen LogP contribution in [0.1, 0.15) is 0 Å². The molecule has 0 fully saturated rings. The van der Waals surface area contributed by atoms with Gasteiger partial charge >= 0.3 is 5.82 Å². The zero-order valence-electron chi connectivity index (χ0n) is 4.85. The first-order valence-corrected chi connectivity index (χ1v) is 2.47. The predicted octanol–water partition coefficient (Wildman–Crippen LogP) is 1.13. The van der Waals surface area contributed by atoms with E-state index in [0.29, 0.717) is 0 Å². The normalized spacial score (nSPS) is 9.20. The highest BCUT2D eigenvalue weighted by Gasteiger charge is 2.04. The van der Waals surface area contributed by atoms with Crippen LogP contribution in [0.2, 0.25) is 0 Å². The molecule has 0 spiro atoms. The maximum Gasteiger partial charge on any atom is 0.363 e. The summed E-state index contributed by atoms with van der Waals surface area (Å²) in [5.74, 6) is -0.634. The Morgan fingerprint density at radius 2 is 2.20 bits per heavy atom. The molecule has 1 aromatic heterocycles. The van der Waals surface area contributed by atoms with Gasteiger partial charge in [-0.2, -0.15) is 0 Å². The lowest BCUT2D eigenvalue weighted by molar-refractivity contribution is -0.389. The third-order valence-electron chi connectivity index (χ3n) is 0.908. The molecular weight excluding hydrogens is 136 g/mol. The van der Waals surface area contributed by atoms with Crippen LogP contribution in [0, 0.1) is 10.1 Å². The fourth-order valence-electron chi connectivity index (χ4n) is 0.480. The summed E-state index contributed by atoms with van der Waals surface area (Å²) >= 11 is 0. The standard InChI is InChI=1S/C5H3N2O3/c8-4-1-2-5(6-3-4)7(9)10/h1-3H. The summed E-state index contributed by atoms with van der Waals surface area (Å²) in [5.41, 5.74) is 0. The van der Waals surface area contributed by atoms with E-state index in [1.54, 1.807) is 0 Å². The molecule has 0 saturated carbocycles. The number of hydrogen-bond acceptors (Lipinski definition) is 3. The third kappa shape index (κ3) is 1.19. The maximum atomic E-state index is 10.4. The van der Waals surface area contributed by atoms with Gasteiger partial charge in [-0.25, -0.2) is 0 Å². The van der Waals surface area contributed by atoms with Gasteiger partial charge in [0.25, 0.3) is 0 Å². The number of aromatic nitrogens is 1. The fraction of sp³-hybridized carbons (Fsp3) is 0. The largest absolute Gasteiger partial charge is 0.363 e. The Morgan fingerprint density at radius 1 is 1.50 bits per heavy atom. The summed E-state index contributed by atoms with van der Waals surface area (Å²) in [4.78, 5) is 12.6. The number of pyridine rings is 1. The second-order valence-corrected chi connectivity index (χ2v) is 1.61. The first kappa shape index (κ1) is 6.47. The minimum absolute atomic E-state index is 0.306. The minimum Gasteiger partial charge on any atom is -0.358 e. The molecule has 51 valence electrons. The van der Waals surface area contributed by atoms with Crippen LogP contribution in [0.3, 0.4) is 0 Å². The van der Waals surface area contributed by atoms with Crippen LogP contribution >= 0.6 is 0 Å². The zero-order chi connectivity index (χ0) is 7.56. The second-order valence-electron chi connectivity index (χ2n) is 1.61. The second kappa shape index (κ2) is 2.30. The van der Waals surface area contributed by atoms with Crippen molar-refractivity contribution >= 4 is 5.82 Å². The summed E-state index contributed by atoms with van der Waals surface area (Å²) < 4.78 is 0. The molecule has 0 aromatic carbocycles. The minimum atomic E-state index is -0.653. The van der Waals surface area contributed by atoms with Gasteiger partial charge in [-0.1, -0.05) is 0 Å². The van der Waals surface area contributed by atoms with E-state index in [0.717, 1.165) is 18.3 Å². The molecule has 10 heavy (non-hydrogen) atoms. The zero-order valence-corrected chi connectivity index (χ0v) is 4.85. The number of hydrogen-bond donors (Lipinski definition) is 0. The molecule has 0 N–H and O–H groups in total. The van der Waals surface area contributed by atoms with Crippen molar-refractivity contribution in [2.75, 3.05) is 0 Å². The average Bonchev–Trinajstić information content (AvgIpc) is 1.88. The van der Waals surface area contributed by atoms with Crippen molar-refractivity contribution in [2.45, 2.75) is 0 Å². The highest BCUT2D eigenvalue weighted by Crippen LogP contribution is 2.11. The van der Waals surface area contributed by atoms with Crippen molar-refractivity contribution in [3.05, 3.63) is 28.4 Å². The van der Waals surface area contributed by atoms with Crippen molar-refractivity contribution in [1.29, 1.82) is 0 Å². The van der Waals surface area contributed by atoms with Crippen molar-refractivity contribution in [3.8, 4) is 5.75 Å². The monoisotopic (exact) mass is 139 g/mol. The number of rotatable bonds is 1. The molecule has 0 aliphatic rings. The molecule has 0 unspecified atom stereocenters. The lowest BCUT2D eigenvalue weighted by atomic mass is 10.4. The van der Waals surface area contributed by atoms with E-state index in [9.17, 15) is 15.2 Å². The van der Waals surface area contributed by atoms with Gasteiger partial charge in [0, 0.05) is 6.07 Å². The SMILES string of the molecule is [O]c1ccc([N+](=O)[O-])nc1. The highest BCUT2D eigenvalue weighted by molar-refractivity contribution is 5.25. The van der Waals surface area contributed by atoms with Crippen LogP contribution < -0.4 is 0 Å². The van der Waals surface area contributed by atoms with Crippen LogP contribution in [0.15, 0.2) is 18.3 Å². The molecule has 5 nitrogen and oxygen atoms in total. The van der Waals surface area contributed by atoms with Crippen molar-refractivity contribution in [1.82, 2.24) is 4.98 Å². The summed E-state index contributed by atoms with van der Waals surface area (Å²) in [6, 6.07) is 2.17. The summed E-state index contributed by atoms with van der Waals surface area (Å²) in [7, 11) is 0. The Balaban J connectivity index is 3.00. The molecule has 0 saturated heterocycles. The van der Waals surface area contributed by atoms with Gasteiger partial charge in [-0.15, -0.1) is 0 Å². The van der Waals surface area contributed by atoms with E-state index in [-0.39, 0.29) is 11.6 Å². The lowest BCUT2D eigenvalue weighted by Gasteiger charge is -1.87. The third-order valence-corrected chi connectivity index (χ3v) is 0.908. The highest BCUT2D eigenvalue weighted by atomic mass is 16.6. The van der Waals surface area contributed by atoms with Gasteiger partial charge in [-0.05, 0) is 16.0 Å². The summed E-state index contributed by atoms with van der Waals surface area (Å²) in [6.45, 7) is 0. The van der Waals surface area contributed by atoms with E-state index in [1.165, 1.54) is 0 Å². The summed E-state index contributed by atoms with van der Waals surface area (Å²) in [5, 5.41) is 20.3. The molecule has 0 amide bonds. The Bertz CT molecular complexity index is 244. The first-order valence-electron chi connectivity index (χ1n) is 2.47. The Labute approximate surface area is 56.1 Å². The van der Waals surface area contributed by atoms with Crippen LogP contribution in [-0.4, -0.2) is 9.91 Å². The van der Waals surface area contributed by atoms with Crippen LogP contribution in [0.5, 0.6) is 5.75 Å². The smallest absolute Gasteiger partial charge is 0.358 e. The molecule has 0 aliphatic heterocycles. The van der Waals surface area contributed by atoms with Gasteiger partial charge in [0.15, 0.2) is 6.20 Å². The van der Waals surface area contributed by atoms with Gasteiger partial charge < -0.3 is 10.1 Å². The van der Waals surface area contributed by atoms with E-state index in [2.05, 4.69) is 4.98 Å². The topological polar surface area (TPSA) is 75.9 Å². The Kier molecular flexibility index (Phi) is 1.49. The molecule has 1 aromatic rings. The lowest BCUT2D eigenvalue weighted by Crippen LogP contribution is -1.89. The Hall–Kier alpha value is -1.65. The molecule has 1 heterocycles. The van der Waals surface area contributed by atoms with Crippen molar-refractivity contribution < 1.29 is 10.0 Å². The van der Waals surface area contributed by atoms with E-state index >= 15 is 0 Å². The fourth-order valence-corrected chi connectivity index (χ4v) is 0.480. The van der Waals surface area contributed by atoms with Gasteiger partial charge in [0.2, 0.25) is 5.75 Å². The van der Waals surface area contributed by atoms with Gasteiger partial charge in [0.05, 0.1) is 0 Å². The van der Waals surface area contributed by atoms with Crippen LogP contribution in [0.4, 0.5) is 5.82 Å². The van der Waals surface area contributed by atoms with Gasteiger partial charge in [-0.3, -0.25) is 5.11 Å². The quantitative estimate of drug-likeness (QED) is 0.432. The molecule has 1 rings (SSSR count). The van der Waals surface area contributed by atoms with E-state index in [1.807, 2.05) is 0 Å². The van der Waals surface area contributed by atoms with Crippen molar-refractivity contribution in [3.63, 3.8) is 0 Å². The number of nitrogens with zero attached hydrogens (tertiary/aromatic N) is 2. The predicted molar refractivity (Wildman–Crippen MR) is 31.0 cm³/mol. The average molecular weight is 139 g/mol. The molecule has 0 bridgehead atoms. The Morgan fingerprint density at radius 3 is 2.60 bits per heavy atom. The molecule has 0 atom stereocenters. The van der Waals surface area contributed by atoms with Crippen LogP contribution in [0.25, 0.3) is 0 Å². The van der Waals surface area contributed by atoms with Gasteiger partial charge in [0.1, 0.15) is 0 Å². The molecular formula is C5H3N2O3. The molecule has 0 aliphatic carbocycles. The first-order chi connectivity index (χ1) is 4.70. The summed E-state index contributed by atoms with van der Waals surface area (Å²) in [6.07, 6.45) is 0.915.